The zero-order chi connectivity index (χ0) is 15.1. The highest BCUT2D eigenvalue weighted by molar-refractivity contribution is 5.93. The predicted molar refractivity (Wildman–Crippen MR) is 79.6 cm³/mol. The molecule has 1 aromatic heterocycles. The maximum Gasteiger partial charge on any atom is 0.321 e. The zero-order valence-corrected chi connectivity index (χ0v) is 12.6. The number of aromatic nitrogens is 1. The van der Waals surface area contributed by atoms with E-state index in [1.807, 2.05) is 24.5 Å². The van der Waals surface area contributed by atoms with Crippen LogP contribution < -0.4 is 15.2 Å². The average Bonchev–Trinajstić information content (AvgIpc) is 2.93. The third-order valence-electron chi connectivity index (χ3n) is 3.77. The third-order valence-corrected chi connectivity index (χ3v) is 3.77. The van der Waals surface area contributed by atoms with Crippen LogP contribution in [-0.4, -0.2) is 18.0 Å². The average molecular weight is 290 g/mol. The number of hydrogen-bond donors (Lipinski definition) is 2. The van der Waals surface area contributed by atoms with Crippen LogP contribution in [0, 0.1) is 0 Å². The lowest BCUT2D eigenvalue weighted by atomic mass is 10.2. The molecule has 21 heavy (non-hydrogen) atoms. The summed E-state index contributed by atoms with van der Waals surface area (Å²) in [5.74, 6) is -0.293. The highest BCUT2D eigenvalue weighted by atomic mass is 16.2. The minimum Gasteiger partial charge on any atom is -0.335 e. The van der Waals surface area contributed by atoms with E-state index in [0.717, 1.165) is 38.5 Å². The summed E-state index contributed by atoms with van der Waals surface area (Å²) < 4.78 is 1.78. The Hall–Kier alpha value is -1.91. The molecule has 0 bridgehead atoms. The highest BCUT2D eigenvalue weighted by Gasteiger charge is 2.19. The van der Waals surface area contributed by atoms with Crippen molar-refractivity contribution in [3.05, 3.63) is 30.1 Å². The normalized spacial score (nSPS) is 14.9. The van der Waals surface area contributed by atoms with Gasteiger partial charge in [-0.25, -0.2) is 4.79 Å². The fourth-order valence-electron chi connectivity index (χ4n) is 2.67. The number of aryl methyl sites for hydroxylation is 1. The van der Waals surface area contributed by atoms with E-state index < -0.39 is 0 Å². The van der Waals surface area contributed by atoms with Crippen LogP contribution in [0.15, 0.2) is 24.5 Å². The van der Waals surface area contributed by atoms with Crippen molar-refractivity contribution < 1.29 is 14.2 Å². The van der Waals surface area contributed by atoms with E-state index >= 15 is 0 Å². The molecule has 0 atom stereocenters. The Morgan fingerprint density at radius 2 is 1.90 bits per heavy atom. The van der Waals surface area contributed by atoms with Crippen molar-refractivity contribution in [2.75, 3.05) is 0 Å². The molecule has 2 N–H and O–H groups in total. The van der Waals surface area contributed by atoms with Gasteiger partial charge in [0.15, 0.2) is 12.4 Å². The van der Waals surface area contributed by atoms with E-state index in [2.05, 4.69) is 17.6 Å². The van der Waals surface area contributed by atoms with Crippen LogP contribution in [0.1, 0.15) is 44.6 Å². The first-order chi connectivity index (χ1) is 10.2. The minimum absolute atomic E-state index is 0.157. The number of carbonyl (C=O) groups excluding carboxylic acids is 2. The van der Waals surface area contributed by atoms with Crippen molar-refractivity contribution >= 4 is 11.9 Å². The molecule has 114 valence electrons. The highest BCUT2D eigenvalue weighted by Crippen LogP contribution is 2.17. The summed E-state index contributed by atoms with van der Waals surface area (Å²) in [5, 5.41) is 5.23. The maximum atomic E-state index is 11.8. The van der Waals surface area contributed by atoms with E-state index in [4.69, 9.17) is 0 Å². The molecule has 2 rings (SSSR count). The van der Waals surface area contributed by atoms with Gasteiger partial charge in [-0.15, -0.1) is 0 Å². The summed E-state index contributed by atoms with van der Waals surface area (Å²) in [5.41, 5.74) is 1.26. The number of nitrogens with zero attached hydrogens (tertiary/aromatic N) is 1. The first-order valence-electron chi connectivity index (χ1n) is 7.75. The molecular formula is C16H24N3O2+. The number of imide groups is 1. The fourth-order valence-corrected chi connectivity index (χ4v) is 2.67. The van der Waals surface area contributed by atoms with Gasteiger partial charge in [-0.3, -0.25) is 10.1 Å². The van der Waals surface area contributed by atoms with Crippen LogP contribution in [0.4, 0.5) is 4.79 Å². The number of nitrogens with one attached hydrogen (secondary N) is 2. The Morgan fingerprint density at radius 3 is 2.52 bits per heavy atom. The number of amides is 3. The Labute approximate surface area is 125 Å². The second kappa shape index (κ2) is 7.76. The molecule has 1 aliphatic carbocycles. The van der Waals surface area contributed by atoms with Crippen molar-refractivity contribution in [3.63, 3.8) is 0 Å². The van der Waals surface area contributed by atoms with Gasteiger partial charge in [0.1, 0.15) is 0 Å². The van der Waals surface area contributed by atoms with Crippen molar-refractivity contribution in [2.24, 2.45) is 0 Å². The quantitative estimate of drug-likeness (QED) is 0.811. The molecule has 1 aliphatic rings. The van der Waals surface area contributed by atoms with Gasteiger partial charge in [-0.2, -0.15) is 4.57 Å². The van der Waals surface area contributed by atoms with Crippen LogP contribution in [0.3, 0.4) is 0 Å². The molecule has 5 nitrogen and oxygen atoms in total. The summed E-state index contributed by atoms with van der Waals surface area (Å²) in [6.07, 6.45) is 10.2. The van der Waals surface area contributed by atoms with Crippen LogP contribution >= 0.6 is 0 Å². The van der Waals surface area contributed by atoms with Crippen LogP contribution in [0.5, 0.6) is 0 Å². The standard InChI is InChI=1S/C16H23N3O2/c1-2-5-13-8-10-19(11-9-13)12-15(20)18-16(21)17-14-6-3-4-7-14/h8-11,14H,2-7,12H2,1H3,(H-,17,18,20,21)/p+1. The monoisotopic (exact) mass is 290 g/mol. The Kier molecular flexibility index (Phi) is 5.72. The van der Waals surface area contributed by atoms with Gasteiger partial charge in [0.2, 0.25) is 6.54 Å². The van der Waals surface area contributed by atoms with E-state index in [1.54, 1.807) is 4.57 Å². The maximum absolute atomic E-state index is 11.8. The van der Waals surface area contributed by atoms with Gasteiger partial charge in [0, 0.05) is 18.2 Å². The van der Waals surface area contributed by atoms with Gasteiger partial charge >= 0.3 is 6.03 Å². The van der Waals surface area contributed by atoms with E-state index in [1.165, 1.54) is 5.56 Å². The molecule has 3 amide bonds. The van der Waals surface area contributed by atoms with Gasteiger partial charge in [-0.1, -0.05) is 26.2 Å². The Bertz CT molecular complexity index is 479. The van der Waals surface area contributed by atoms with Crippen molar-refractivity contribution in [1.82, 2.24) is 10.6 Å². The predicted octanol–water partition coefficient (Wildman–Crippen LogP) is 1.69. The van der Waals surface area contributed by atoms with E-state index in [-0.39, 0.29) is 24.5 Å². The molecule has 1 fully saturated rings. The smallest absolute Gasteiger partial charge is 0.321 e. The SMILES string of the molecule is CCCc1cc[n+](CC(=O)NC(=O)NC2CCCC2)cc1. The molecule has 1 aromatic rings. The molecule has 0 radical (unpaired) electrons. The van der Waals surface area contributed by atoms with Gasteiger partial charge in [0.05, 0.1) is 0 Å². The molecular weight excluding hydrogens is 266 g/mol. The Morgan fingerprint density at radius 1 is 1.24 bits per heavy atom. The molecule has 0 unspecified atom stereocenters. The van der Waals surface area contributed by atoms with Crippen molar-refractivity contribution in [1.29, 1.82) is 0 Å². The lowest BCUT2D eigenvalue weighted by Gasteiger charge is -2.11. The summed E-state index contributed by atoms with van der Waals surface area (Å²) in [4.78, 5) is 23.5. The largest absolute Gasteiger partial charge is 0.335 e. The molecule has 5 heteroatoms. The summed E-state index contributed by atoms with van der Waals surface area (Å²) in [6.45, 7) is 2.29. The minimum atomic E-state index is -0.380. The molecule has 0 saturated heterocycles. The van der Waals surface area contributed by atoms with Crippen LogP contribution in [-0.2, 0) is 17.8 Å². The van der Waals surface area contributed by atoms with Gasteiger partial charge in [0.25, 0.3) is 5.91 Å². The molecule has 1 heterocycles. The number of urea groups is 1. The lowest BCUT2D eigenvalue weighted by molar-refractivity contribution is -0.684. The van der Waals surface area contributed by atoms with Gasteiger partial charge in [-0.05, 0) is 24.8 Å². The first kappa shape index (κ1) is 15.5. The number of hydrogen-bond acceptors (Lipinski definition) is 2. The summed E-state index contributed by atoms with van der Waals surface area (Å²) in [7, 11) is 0. The number of carbonyl (C=O) groups is 2. The van der Waals surface area contributed by atoms with E-state index in [0.29, 0.717) is 0 Å². The van der Waals surface area contributed by atoms with Gasteiger partial charge < -0.3 is 5.32 Å². The topological polar surface area (TPSA) is 62.1 Å². The zero-order valence-electron chi connectivity index (χ0n) is 12.6. The summed E-state index contributed by atoms with van der Waals surface area (Å²) in [6, 6.07) is 3.86. The molecule has 1 saturated carbocycles. The Balaban J connectivity index is 1.76. The summed E-state index contributed by atoms with van der Waals surface area (Å²) >= 11 is 0. The second-order valence-corrected chi connectivity index (χ2v) is 5.63. The number of pyridine rings is 1. The van der Waals surface area contributed by atoms with Crippen molar-refractivity contribution in [3.8, 4) is 0 Å². The molecule has 0 spiro atoms. The second-order valence-electron chi connectivity index (χ2n) is 5.63. The molecule has 0 aromatic carbocycles. The fraction of sp³-hybridized carbons (Fsp3) is 0.562. The molecule has 0 aliphatic heterocycles. The lowest BCUT2D eigenvalue weighted by Crippen LogP contribution is -2.49. The van der Waals surface area contributed by atoms with Crippen LogP contribution in [0.2, 0.25) is 0 Å². The van der Waals surface area contributed by atoms with E-state index in [9.17, 15) is 9.59 Å². The first-order valence-corrected chi connectivity index (χ1v) is 7.75. The third kappa shape index (κ3) is 5.17. The number of rotatable bonds is 5. The van der Waals surface area contributed by atoms with Crippen LogP contribution in [0.25, 0.3) is 0 Å². The van der Waals surface area contributed by atoms with Crippen molar-refractivity contribution in [2.45, 2.75) is 58.0 Å².